The summed E-state index contributed by atoms with van der Waals surface area (Å²) in [6.45, 7) is 0. The van der Waals surface area contributed by atoms with E-state index >= 15 is 0 Å². The van der Waals surface area contributed by atoms with Crippen LogP contribution in [0.4, 0.5) is 13.2 Å². The van der Waals surface area contributed by atoms with Crippen LogP contribution in [0.3, 0.4) is 0 Å². The highest BCUT2D eigenvalue weighted by molar-refractivity contribution is 6.35. The van der Waals surface area contributed by atoms with E-state index in [0.717, 1.165) is 4.68 Å². The highest BCUT2D eigenvalue weighted by Gasteiger charge is 2.36. The second kappa shape index (κ2) is 7.42. The molecule has 0 N–H and O–H groups in total. The predicted molar refractivity (Wildman–Crippen MR) is 95.0 cm³/mol. The van der Waals surface area contributed by atoms with Crippen molar-refractivity contribution in [2.75, 3.05) is 0 Å². The Kier molecular flexibility index (Phi) is 5.37. The molecule has 0 saturated carbocycles. The molecule has 0 amide bonds. The Bertz CT molecular complexity index is 999. The number of benzene rings is 2. The molecule has 3 aromatic rings. The van der Waals surface area contributed by atoms with Gasteiger partial charge in [0.1, 0.15) is 0 Å². The van der Waals surface area contributed by atoms with Crippen molar-refractivity contribution in [1.82, 2.24) is 9.78 Å². The number of halogens is 6. The summed E-state index contributed by atoms with van der Waals surface area (Å²) in [5.74, 6) is -1.41. The summed E-state index contributed by atoms with van der Waals surface area (Å²) in [4.78, 5) is 12.3. The lowest BCUT2D eigenvalue weighted by Crippen LogP contribution is -2.12. The van der Waals surface area contributed by atoms with E-state index in [1.54, 1.807) is 6.07 Å². The molecule has 0 bridgehead atoms. The first-order valence-corrected chi connectivity index (χ1v) is 8.39. The molecule has 4 nitrogen and oxygen atoms in total. The smallest absolute Gasteiger partial charge is 0.404 e. The highest BCUT2D eigenvalue weighted by Crippen LogP contribution is 2.33. The molecule has 0 saturated heterocycles. The number of hydrogen-bond acceptors (Lipinski definition) is 3. The molecule has 0 unspecified atom stereocenters. The van der Waals surface area contributed by atoms with Gasteiger partial charge in [-0.05, 0) is 30.3 Å². The normalized spacial score (nSPS) is 11.5. The number of esters is 1. The van der Waals surface area contributed by atoms with Gasteiger partial charge in [0.25, 0.3) is 0 Å². The van der Waals surface area contributed by atoms with Gasteiger partial charge in [-0.3, -0.25) is 0 Å². The minimum atomic E-state index is -4.75. The largest absolute Gasteiger partial charge is 0.435 e. The lowest BCUT2D eigenvalue weighted by molar-refractivity contribution is -0.141. The van der Waals surface area contributed by atoms with Crippen molar-refractivity contribution in [3.05, 3.63) is 74.9 Å². The number of ether oxygens (including phenoxy) is 1. The fourth-order valence-electron chi connectivity index (χ4n) is 2.20. The summed E-state index contributed by atoms with van der Waals surface area (Å²) in [7, 11) is 0. The average molecular weight is 436 g/mol. The molecule has 27 heavy (non-hydrogen) atoms. The third-order valence-electron chi connectivity index (χ3n) is 3.35. The SMILES string of the molecule is O=C(Oc1cc(C(F)(F)F)nn1-c1cc(Cl)cc(Cl)c1)c1ccccc1Cl. The van der Waals surface area contributed by atoms with Gasteiger partial charge in [0.05, 0.1) is 16.3 Å². The quantitative estimate of drug-likeness (QED) is 0.469. The maximum atomic E-state index is 13.1. The van der Waals surface area contributed by atoms with Crippen LogP contribution in [0.15, 0.2) is 48.5 Å². The number of carbonyl (C=O) groups excluding carboxylic acids is 1. The molecular formula is C17H8Cl3F3N2O2. The molecule has 0 fully saturated rings. The van der Waals surface area contributed by atoms with Crippen LogP contribution in [0, 0.1) is 0 Å². The molecule has 140 valence electrons. The third kappa shape index (κ3) is 4.37. The zero-order valence-corrected chi connectivity index (χ0v) is 15.4. The lowest BCUT2D eigenvalue weighted by Gasteiger charge is -2.09. The monoisotopic (exact) mass is 434 g/mol. The van der Waals surface area contributed by atoms with Gasteiger partial charge in [-0.25, -0.2) is 4.79 Å². The van der Waals surface area contributed by atoms with E-state index in [0.29, 0.717) is 6.07 Å². The van der Waals surface area contributed by atoms with E-state index in [1.807, 2.05) is 0 Å². The molecule has 2 aromatic carbocycles. The Morgan fingerprint density at radius 1 is 1.00 bits per heavy atom. The van der Waals surface area contributed by atoms with Crippen LogP contribution in [0.2, 0.25) is 15.1 Å². The fraction of sp³-hybridized carbons (Fsp3) is 0.0588. The van der Waals surface area contributed by atoms with Gasteiger partial charge in [0, 0.05) is 16.1 Å². The van der Waals surface area contributed by atoms with Crippen LogP contribution in [-0.4, -0.2) is 15.7 Å². The summed E-state index contributed by atoms with van der Waals surface area (Å²) in [5, 5.41) is 3.90. The molecule has 0 aliphatic heterocycles. The first-order chi connectivity index (χ1) is 12.6. The minimum Gasteiger partial charge on any atom is -0.404 e. The summed E-state index contributed by atoms with van der Waals surface area (Å²) in [6.07, 6.45) is -4.75. The summed E-state index contributed by atoms with van der Waals surface area (Å²) >= 11 is 17.7. The van der Waals surface area contributed by atoms with Crippen molar-refractivity contribution in [2.45, 2.75) is 6.18 Å². The Labute approximate surface area is 166 Å². The maximum absolute atomic E-state index is 13.1. The standard InChI is InChI=1S/C17H8Cl3F3N2O2/c18-9-5-10(19)7-11(6-9)25-15(8-14(24-25)17(21,22)23)27-16(26)12-3-1-2-4-13(12)20/h1-8H. The van der Waals surface area contributed by atoms with Crippen molar-refractivity contribution in [2.24, 2.45) is 0 Å². The number of carbonyl (C=O) groups is 1. The zero-order chi connectivity index (χ0) is 19.8. The van der Waals surface area contributed by atoms with Gasteiger partial charge in [-0.1, -0.05) is 46.9 Å². The first kappa shape index (κ1) is 19.5. The van der Waals surface area contributed by atoms with E-state index in [1.165, 1.54) is 36.4 Å². The Balaban J connectivity index is 2.07. The van der Waals surface area contributed by atoms with Crippen LogP contribution in [-0.2, 0) is 6.18 Å². The summed E-state index contributed by atoms with van der Waals surface area (Å²) in [6, 6.07) is 10.6. The summed E-state index contributed by atoms with van der Waals surface area (Å²) in [5.41, 5.74) is -1.17. The molecule has 1 aromatic heterocycles. The molecule has 0 radical (unpaired) electrons. The first-order valence-electron chi connectivity index (χ1n) is 7.25. The topological polar surface area (TPSA) is 44.1 Å². The van der Waals surface area contributed by atoms with Crippen LogP contribution in [0.25, 0.3) is 5.69 Å². The van der Waals surface area contributed by atoms with Crippen LogP contribution < -0.4 is 4.74 Å². The second-order valence-electron chi connectivity index (χ2n) is 5.27. The Morgan fingerprint density at radius 2 is 1.63 bits per heavy atom. The molecule has 3 rings (SSSR count). The van der Waals surface area contributed by atoms with E-state index in [4.69, 9.17) is 39.5 Å². The molecule has 0 aliphatic carbocycles. The second-order valence-corrected chi connectivity index (χ2v) is 6.55. The van der Waals surface area contributed by atoms with Gasteiger partial charge in [0.15, 0.2) is 5.69 Å². The number of alkyl halides is 3. The molecule has 0 aliphatic rings. The van der Waals surface area contributed by atoms with Crippen molar-refractivity contribution < 1.29 is 22.7 Å². The van der Waals surface area contributed by atoms with Crippen molar-refractivity contribution in [1.29, 1.82) is 0 Å². The molecular weight excluding hydrogens is 428 g/mol. The highest BCUT2D eigenvalue weighted by atomic mass is 35.5. The number of rotatable bonds is 3. The van der Waals surface area contributed by atoms with Gasteiger partial charge < -0.3 is 4.74 Å². The lowest BCUT2D eigenvalue weighted by atomic mass is 10.2. The Morgan fingerprint density at radius 3 is 2.22 bits per heavy atom. The van der Waals surface area contributed by atoms with Gasteiger partial charge >= 0.3 is 12.1 Å². The van der Waals surface area contributed by atoms with Crippen LogP contribution >= 0.6 is 34.8 Å². The molecule has 0 atom stereocenters. The van der Waals surface area contributed by atoms with E-state index in [9.17, 15) is 18.0 Å². The molecule has 1 heterocycles. The third-order valence-corrected chi connectivity index (χ3v) is 4.12. The minimum absolute atomic E-state index is 0.00963. The number of nitrogens with zero attached hydrogens (tertiary/aromatic N) is 2. The van der Waals surface area contributed by atoms with E-state index < -0.39 is 23.7 Å². The van der Waals surface area contributed by atoms with Crippen molar-refractivity contribution in [3.8, 4) is 11.6 Å². The fourth-order valence-corrected chi connectivity index (χ4v) is 2.93. The van der Waals surface area contributed by atoms with Crippen LogP contribution in [0.5, 0.6) is 5.88 Å². The molecule has 10 heteroatoms. The van der Waals surface area contributed by atoms with Gasteiger partial charge in [-0.2, -0.15) is 23.0 Å². The number of hydrogen-bond donors (Lipinski definition) is 0. The average Bonchev–Trinajstić information content (AvgIpc) is 2.98. The number of aromatic nitrogens is 2. The Hall–Kier alpha value is -2.22. The zero-order valence-electron chi connectivity index (χ0n) is 13.1. The van der Waals surface area contributed by atoms with Gasteiger partial charge in [-0.15, -0.1) is 0 Å². The van der Waals surface area contributed by atoms with Crippen molar-refractivity contribution >= 4 is 40.8 Å². The predicted octanol–water partition coefficient (Wildman–Crippen LogP) is 6.07. The van der Waals surface area contributed by atoms with E-state index in [2.05, 4.69) is 5.10 Å². The van der Waals surface area contributed by atoms with Gasteiger partial charge in [0.2, 0.25) is 5.88 Å². The van der Waals surface area contributed by atoms with Crippen LogP contribution in [0.1, 0.15) is 16.1 Å². The summed E-state index contributed by atoms with van der Waals surface area (Å²) < 4.78 is 45.2. The van der Waals surface area contributed by atoms with E-state index in [-0.39, 0.29) is 26.3 Å². The maximum Gasteiger partial charge on any atom is 0.435 e. The van der Waals surface area contributed by atoms with Crippen molar-refractivity contribution in [3.63, 3.8) is 0 Å². The molecule has 0 spiro atoms.